The Labute approximate surface area is 150 Å². The summed E-state index contributed by atoms with van der Waals surface area (Å²) in [5.74, 6) is 2.03. The van der Waals surface area contributed by atoms with E-state index in [4.69, 9.17) is 9.97 Å². The molecular weight excluding hydrogens is 308 g/mol. The molecule has 4 nitrogen and oxygen atoms in total. The van der Waals surface area contributed by atoms with Gasteiger partial charge in [-0.3, -0.25) is 0 Å². The summed E-state index contributed by atoms with van der Waals surface area (Å²) in [5.41, 5.74) is 7.64. The first-order valence-corrected chi connectivity index (χ1v) is 9.49. The highest BCUT2D eigenvalue weighted by Gasteiger charge is 2.36. The Morgan fingerprint density at radius 2 is 1.76 bits per heavy atom. The van der Waals surface area contributed by atoms with E-state index in [1.807, 2.05) is 0 Å². The van der Waals surface area contributed by atoms with E-state index in [9.17, 15) is 0 Å². The Morgan fingerprint density at radius 3 is 2.36 bits per heavy atom. The highest BCUT2D eigenvalue weighted by molar-refractivity contribution is 5.68. The van der Waals surface area contributed by atoms with Crippen molar-refractivity contribution in [2.24, 2.45) is 0 Å². The fraction of sp³-hybridized carbons (Fsp3) is 0.524. The molecule has 0 N–H and O–H groups in total. The number of anilines is 3. The van der Waals surface area contributed by atoms with Gasteiger partial charge in [0.05, 0.1) is 0 Å². The average Bonchev–Trinajstić information content (AvgIpc) is 3.30. The number of hydrogen-bond donors (Lipinski definition) is 0. The zero-order valence-corrected chi connectivity index (χ0v) is 16.1. The third kappa shape index (κ3) is 2.78. The van der Waals surface area contributed by atoms with Gasteiger partial charge in [-0.1, -0.05) is 17.7 Å². The molecule has 0 radical (unpaired) electrons. The summed E-state index contributed by atoms with van der Waals surface area (Å²) in [4.78, 5) is 14.7. The van der Waals surface area contributed by atoms with Crippen molar-refractivity contribution < 1.29 is 0 Å². The van der Waals surface area contributed by atoms with E-state index in [0.717, 1.165) is 31.2 Å². The van der Waals surface area contributed by atoms with Gasteiger partial charge in [0.25, 0.3) is 0 Å². The molecule has 0 spiro atoms. The maximum absolute atomic E-state index is 5.05. The first-order chi connectivity index (χ1) is 12.0. The largest absolute Gasteiger partial charge is 0.353 e. The summed E-state index contributed by atoms with van der Waals surface area (Å²) in [6, 6.07) is 5.21. The molecule has 0 unspecified atom stereocenters. The van der Waals surface area contributed by atoms with Crippen molar-refractivity contribution in [3.8, 4) is 0 Å². The molecule has 0 atom stereocenters. The van der Waals surface area contributed by atoms with Crippen LogP contribution in [0.4, 0.5) is 17.5 Å². The van der Waals surface area contributed by atoms with Crippen LogP contribution in [0.2, 0.25) is 0 Å². The van der Waals surface area contributed by atoms with Crippen LogP contribution in [0.15, 0.2) is 12.1 Å². The molecule has 2 aliphatic rings. The SMILES string of the molecule is CCN(c1nc(C)c2c(n1)N(C1CC1)CC2)c1c(C)cc(C)cc1C. The summed E-state index contributed by atoms with van der Waals surface area (Å²) in [6.45, 7) is 12.8. The first-order valence-electron chi connectivity index (χ1n) is 9.49. The van der Waals surface area contributed by atoms with Gasteiger partial charge in [0.1, 0.15) is 5.82 Å². The normalized spacial score (nSPS) is 16.3. The Hall–Kier alpha value is -2.10. The Kier molecular flexibility index (Phi) is 3.94. The van der Waals surface area contributed by atoms with Crippen molar-refractivity contribution in [3.63, 3.8) is 0 Å². The quantitative estimate of drug-likeness (QED) is 0.829. The van der Waals surface area contributed by atoms with Gasteiger partial charge in [-0.15, -0.1) is 0 Å². The topological polar surface area (TPSA) is 32.3 Å². The molecule has 2 heterocycles. The van der Waals surface area contributed by atoms with Crippen LogP contribution < -0.4 is 9.80 Å². The number of benzene rings is 1. The van der Waals surface area contributed by atoms with Crippen LogP contribution in [-0.2, 0) is 6.42 Å². The minimum absolute atomic E-state index is 0.710. The fourth-order valence-corrected chi connectivity index (χ4v) is 4.30. The second-order valence-electron chi connectivity index (χ2n) is 7.58. The smallest absolute Gasteiger partial charge is 0.232 e. The second-order valence-corrected chi connectivity index (χ2v) is 7.58. The predicted octanol–water partition coefficient (Wildman–Crippen LogP) is 4.39. The molecule has 4 rings (SSSR count). The lowest BCUT2D eigenvalue weighted by Crippen LogP contribution is -2.26. The summed E-state index contributed by atoms with van der Waals surface area (Å²) in [6.07, 6.45) is 3.71. The van der Waals surface area contributed by atoms with Gasteiger partial charge in [0, 0.05) is 36.1 Å². The van der Waals surface area contributed by atoms with E-state index >= 15 is 0 Å². The molecule has 1 aliphatic heterocycles. The van der Waals surface area contributed by atoms with Crippen molar-refractivity contribution in [1.82, 2.24) is 9.97 Å². The van der Waals surface area contributed by atoms with E-state index in [-0.39, 0.29) is 0 Å². The van der Waals surface area contributed by atoms with Gasteiger partial charge < -0.3 is 9.80 Å². The lowest BCUT2D eigenvalue weighted by atomic mass is 10.0. The highest BCUT2D eigenvalue weighted by Crippen LogP contribution is 2.39. The summed E-state index contributed by atoms with van der Waals surface area (Å²) in [5, 5.41) is 0. The van der Waals surface area contributed by atoms with Gasteiger partial charge in [-0.2, -0.15) is 4.98 Å². The predicted molar refractivity (Wildman–Crippen MR) is 104 cm³/mol. The standard InChI is InChI=1S/C21H28N4/c1-6-24(19-14(3)11-13(2)12-15(19)4)21-22-16(5)18-9-10-25(17-7-8-17)20(18)23-21/h11-12,17H,6-10H2,1-5H3. The zero-order chi connectivity index (χ0) is 17.7. The maximum atomic E-state index is 5.05. The van der Waals surface area contributed by atoms with Crippen LogP contribution in [0.1, 0.15) is 47.7 Å². The first kappa shape index (κ1) is 16.4. The van der Waals surface area contributed by atoms with Gasteiger partial charge in [0.2, 0.25) is 5.95 Å². The van der Waals surface area contributed by atoms with Crippen molar-refractivity contribution in [1.29, 1.82) is 0 Å². The van der Waals surface area contributed by atoms with E-state index in [2.05, 4.69) is 56.6 Å². The number of fused-ring (bicyclic) bond motifs is 1. The molecular formula is C21H28N4. The van der Waals surface area contributed by atoms with E-state index in [1.165, 1.54) is 46.6 Å². The molecule has 2 aromatic rings. The van der Waals surface area contributed by atoms with E-state index in [0.29, 0.717) is 6.04 Å². The van der Waals surface area contributed by atoms with Gasteiger partial charge >= 0.3 is 0 Å². The molecule has 0 saturated heterocycles. The Morgan fingerprint density at radius 1 is 1.08 bits per heavy atom. The molecule has 1 aromatic heterocycles. The highest BCUT2D eigenvalue weighted by atomic mass is 15.3. The van der Waals surface area contributed by atoms with Crippen molar-refractivity contribution in [2.45, 2.75) is 59.9 Å². The third-order valence-corrected chi connectivity index (χ3v) is 5.51. The minimum Gasteiger partial charge on any atom is -0.353 e. The Balaban J connectivity index is 1.80. The molecule has 25 heavy (non-hydrogen) atoms. The summed E-state index contributed by atoms with van der Waals surface area (Å²) >= 11 is 0. The van der Waals surface area contributed by atoms with Crippen LogP contribution in [0.3, 0.4) is 0 Å². The number of hydrogen-bond acceptors (Lipinski definition) is 4. The molecule has 4 heteroatoms. The number of rotatable bonds is 4. The van der Waals surface area contributed by atoms with E-state index < -0.39 is 0 Å². The van der Waals surface area contributed by atoms with Crippen LogP contribution in [0.25, 0.3) is 0 Å². The van der Waals surface area contributed by atoms with Crippen molar-refractivity contribution >= 4 is 17.5 Å². The lowest BCUT2D eigenvalue weighted by Gasteiger charge is -2.27. The molecule has 1 aliphatic carbocycles. The monoisotopic (exact) mass is 336 g/mol. The van der Waals surface area contributed by atoms with Crippen molar-refractivity contribution in [2.75, 3.05) is 22.9 Å². The molecule has 0 amide bonds. The van der Waals surface area contributed by atoms with E-state index in [1.54, 1.807) is 0 Å². The molecule has 132 valence electrons. The van der Waals surface area contributed by atoms with Crippen molar-refractivity contribution in [3.05, 3.63) is 40.1 Å². The van der Waals surface area contributed by atoms with Gasteiger partial charge in [0.15, 0.2) is 0 Å². The summed E-state index contributed by atoms with van der Waals surface area (Å²) in [7, 11) is 0. The van der Waals surface area contributed by atoms with Gasteiger partial charge in [-0.05, 0) is 65.0 Å². The fourth-order valence-electron chi connectivity index (χ4n) is 4.30. The second kappa shape index (κ2) is 6.01. The molecule has 1 fully saturated rings. The Bertz CT molecular complexity index is 800. The number of aryl methyl sites for hydroxylation is 4. The van der Waals surface area contributed by atoms with Gasteiger partial charge in [-0.25, -0.2) is 4.98 Å². The average molecular weight is 336 g/mol. The number of aromatic nitrogens is 2. The lowest BCUT2D eigenvalue weighted by molar-refractivity contribution is 0.817. The van der Waals surface area contributed by atoms with Crippen LogP contribution in [0.5, 0.6) is 0 Å². The van der Waals surface area contributed by atoms with Crippen LogP contribution >= 0.6 is 0 Å². The molecule has 0 bridgehead atoms. The third-order valence-electron chi connectivity index (χ3n) is 5.51. The molecule has 1 saturated carbocycles. The van der Waals surface area contributed by atoms with Crippen LogP contribution in [0, 0.1) is 27.7 Å². The maximum Gasteiger partial charge on any atom is 0.232 e. The minimum atomic E-state index is 0.710. The number of nitrogens with zero attached hydrogens (tertiary/aromatic N) is 4. The zero-order valence-electron chi connectivity index (χ0n) is 16.1. The summed E-state index contributed by atoms with van der Waals surface area (Å²) < 4.78 is 0. The molecule has 1 aromatic carbocycles. The van der Waals surface area contributed by atoms with Crippen LogP contribution in [-0.4, -0.2) is 29.1 Å².